The van der Waals surface area contributed by atoms with Gasteiger partial charge < -0.3 is 11.1 Å². The zero-order chi connectivity index (χ0) is 11.7. The van der Waals surface area contributed by atoms with Crippen molar-refractivity contribution in [3.63, 3.8) is 0 Å². The van der Waals surface area contributed by atoms with Gasteiger partial charge in [-0.3, -0.25) is 0 Å². The van der Waals surface area contributed by atoms with Gasteiger partial charge in [0, 0.05) is 12.1 Å². The van der Waals surface area contributed by atoms with Crippen molar-refractivity contribution in [2.24, 2.45) is 5.92 Å². The van der Waals surface area contributed by atoms with E-state index in [2.05, 4.69) is 28.2 Å². The molecule has 2 rings (SSSR count). The summed E-state index contributed by atoms with van der Waals surface area (Å²) in [6.07, 6.45) is 3.66. The maximum atomic E-state index is 13.2. The first-order valence-electron chi connectivity index (χ1n) is 5.59. The number of hydrogen-bond donors (Lipinski definition) is 2. The van der Waals surface area contributed by atoms with Crippen LogP contribution in [0.25, 0.3) is 0 Å². The van der Waals surface area contributed by atoms with Crippen LogP contribution in [0.5, 0.6) is 0 Å². The fourth-order valence-electron chi connectivity index (χ4n) is 2.25. The van der Waals surface area contributed by atoms with Crippen LogP contribution in [0.15, 0.2) is 16.6 Å². The Morgan fingerprint density at radius 3 is 2.81 bits per heavy atom. The highest BCUT2D eigenvalue weighted by molar-refractivity contribution is 9.10. The Morgan fingerprint density at radius 1 is 1.44 bits per heavy atom. The maximum Gasteiger partial charge on any atom is 0.139 e. The smallest absolute Gasteiger partial charge is 0.139 e. The molecule has 0 bridgehead atoms. The molecular formula is C12H16BrFN2. The summed E-state index contributed by atoms with van der Waals surface area (Å²) in [5, 5.41) is 3.41. The van der Waals surface area contributed by atoms with E-state index in [1.54, 1.807) is 6.07 Å². The van der Waals surface area contributed by atoms with E-state index >= 15 is 0 Å². The Morgan fingerprint density at radius 2 is 2.19 bits per heavy atom. The number of benzene rings is 1. The Hall–Kier alpha value is -0.770. The van der Waals surface area contributed by atoms with E-state index in [4.69, 9.17) is 5.73 Å². The van der Waals surface area contributed by atoms with Gasteiger partial charge in [-0.25, -0.2) is 4.39 Å². The van der Waals surface area contributed by atoms with Gasteiger partial charge in [-0.1, -0.05) is 13.3 Å². The van der Waals surface area contributed by atoms with Gasteiger partial charge in [0.1, 0.15) is 5.82 Å². The Kier molecular flexibility index (Phi) is 3.38. The monoisotopic (exact) mass is 286 g/mol. The molecule has 2 atom stereocenters. The molecule has 4 heteroatoms. The molecule has 0 spiro atoms. The number of nitrogens with two attached hydrogens (primary N) is 1. The van der Waals surface area contributed by atoms with Crippen molar-refractivity contribution < 1.29 is 4.39 Å². The Bertz CT molecular complexity index is 395. The molecule has 1 fully saturated rings. The molecule has 0 aliphatic heterocycles. The summed E-state index contributed by atoms with van der Waals surface area (Å²) < 4.78 is 13.6. The topological polar surface area (TPSA) is 38.0 Å². The number of anilines is 2. The maximum absolute atomic E-state index is 13.2. The number of halogens is 2. The number of rotatable bonds is 2. The van der Waals surface area contributed by atoms with Gasteiger partial charge in [-0.15, -0.1) is 0 Å². The second kappa shape index (κ2) is 4.62. The minimum absolute atomic E-state index is 0.317. The summed E-state index contributed by atoms with van der Waals surface area (Å²) in [7, 11) is 0. The fourth-order valence-corrected chi connectivity index (χ4v) is 2.59. The first-order chi connectivity index (χ1) is 7.58. The second-order valence-electron chi connectivity index (χ2n) is 4.51. The molecule has 1 aliphatic rings. The van der Waals surface area contributed by atoms with Crippen molar-refractivity contribution in [1.82, 2.24) is 0 Å². The molecule has 16 heavy (non-hydrogen) atoms. The van der Waals surface area contributed by atoms with Crippen LogP contribution >= 0.6 is 15.9 Å². The molecule has 1 aliphatic carbocycles. The van der Waals surface area contributed by atoms with Crippen LogP contribution in [-0.4, -0.2) is 6.04 Å². The van der Waals surface area contributed by atoms with E-state index in [0.29, 0.717) is 22.1 Å². The van der Waals surface area contributed by atoms with Gasteiger partial charge in [0.05, 0.1) is 15.8 Å². The molecular weight excluding hydrogens is 271 g/mol. The zero-order valence-corrected chi connectivity index (χ0v) is 10.8. The predicted molar refractivity (Wildman–Crippen MR) is 68.9 cm³/mol. The molecule has 0 aromatic heterocycles. The molecule has 1 aromatic carbocycles. The standard InChI is InChI=1S/C12H16BrFN2/c1-7-3-2-4-11(7)16-12-5-8(13)9(14)6-10(12)15/h5-7,11,16H,2-4,15H2,1H3. The molecule has 2 unspecified atom stereocenters. The molecule has 1 saturated carbocycles. The van der Waals surface area contributed by atoms with E-state index in [0.717, 1.165) is 12.1 Å². The minimum atomic E-state index is -0.317. The number of nitrogen functional groups attached to an aromatic ring is 1. The summed E-state index contributed by atoms with van der Waals surface area (Å²) >= 11 is 3.17. The quantitative estimate of drug-likeness (QED) is 0.812. The summed E-state index contributed by atoms with van der Waals surface area (Å²) in [5.74, 6) is 0.339. The highest BCUT2D eigenvalue weighted by Gasteiger charge is 2.23. The SMILES string of the molecule is CC1CCCC1Nc1cc(Br)c(F)cc1N. The van der Waals surface area contributed by atoms with E-state index in [-0.39, 0.29) is 5.82 Å². The summed E-state index contributed by atoms with van der Waals surface area (Å²) in [5.41, 5.74) is 7.09. The first-order valence-corrected chi connectivity index (χ1v) is 6.38. The number of hydrogen-bond acceptors (Lipinski definition) is 2. The Labute approximate surface area is 104 Å². The van der Waals surface area contributed by atoms with E-state index < -0.39 is 0 Å². The van der Waals surface area contributed by atoms with Gasteiger partial charge >= 0.3 is 0 Å². The lowest BCUT2D eigenvalue weighted by molar-refractivity contribution is 0.556. The van der Waals surface area contributed by atoms with Crippen LogP contribution in [0, 0.1) is 11.7 Å². The second-order valence-corrected chi connectivity index (χ2v) is 5.37. The van der Waals surface area contributed by atoms with Crippen molar-refractivity contribution in [3.05, 3.63) is 22.4 Å². The molecule has 0 radical (unpaired) electrons. The van der Waals surface area contributed by atoms with E-state index in [1.807, 2.05) is 0 Å². The van der Waals surface area contributed by atoms with Gasteiger partial charge in [0.15, 0.2) is 0 Å². The van der Waals surface area contributed by atoms with Crippen molar-refractivity contribution in [2.45, 2.75) is 32.2 Å². The molecule has 0 heterocycles. The molecule has 88 valence electrons. The van der Waals surface area contributed by atoms with Crippen molar-refractivity contribution in [3.8, 4) is 0 Å². The lowest BCUT2D eigenvalue weighted by Crippen LogP contribution is -2.22. The molecule has 3 N–H and O–H groups in total. The lowest BCUT2D eigenvalue weighted by Gasteiger charge is -2.20. The molecule has 1 aromatic rings. The first kappa shape index (κ1) is 11.7. The lowest BCUT2D eigenvalue weighted by atomic mass is 10.1. The normalized spacial score (nSPS) is 24.7. The van der Waals surface area contributed by atoms with Gasteiger partial charge in [0.25, 0.3) is 0 Å². The average molecular weight is 287 g/mol. The largest absolute Gasteiger partial charge is 0.397 e. The third kappa shape index (κ3) is 2.32. The number of nitrogens with one attached hydrogen (secondary N) is 1. The van der Waals surface area contributed by atoms with Crippen LogP contribution in [0.2, 0.25) is 0 Å². The summed E-state index contributed by atoms with van der Waals surface area (Å²) in [6, 6.07) is 3.53. The predicted octanol–water partition coefficient (Wildman–Crippen LogP) is 3.77. The van der Waals surface area contributed by atoms with Crippen LogP contribution in [-0.2, 0) is 0 Å². The highest BCUT2D eigenvalue weighted by Crippen LogP contribution is 2.32. The zero-order valence-electron chi connectivity index (χ0n) is 9.26. The highest BCUT2D eigenvalue weighted by atomic mass is 79.9. The van der Waals surface area contributed by atoms with Gasteiger partial charge in [-0.05, 0) is 40.8 Å². The van der Waals surface area contributed by atoms with E-state index in [9.17, 15) is 4.39 Å². The Balaban J connectivity index is 2.18. The average Bonchev–Trinajstić information content (AvgIpc) is 2.61. The third-order valence-electron chi connectivity index (χ3n) is 3.29. The third-order valence-corrected chi connectivity index (χ3v) is 3.90. The van der Waals surface area contributed by atoms with Crippen molar-refractivity contribution in [1.29, 1.82) is 0 Å². The summed E-state index contributed by atoms with van der Waals surface area (Å²) in [6.45, 7) is 2.24. The summed E-state index contributed by atoms with van der Waals surface area (Å²) in [4.78, 5) is 0. The van der Waals surface area contributed by atoms with Gasteiger partial charge in [0.2, 0.25) is 0 Å². The molecule has 2 nitrogen and oxygen atoms in total. The van der Waals surface area contributed by atoms with Gasteiger partial charge in [-0.2, -0.15) is 0 Å². The fraction of sp³-hybridized carbons (Fsp3) is 0.500. The minimum Gasteiger partial charge on any atom is -0.397 e. The van der Waals surface area contributed by atoms with Crippen molar-refractivity contribution >= 4 is 27.3 Å². The van der Waals surface area contributed by atoms with Crippen LogP contribution in [0.1, 0.15) is 26.2 Å². The van der Waals surface area contributed by atoms with E-state index in [1.165, 1.54) is 18.9 Å². The molecule has 0 saturated heterocycles. The van der Waals surface area contributed by atoms with Crippen LogP contribution in [0.3, 0.4) is 0 Å². The van der Waals surface area contributed by atoms with Crippen LogP contribution < -0.4 is 11.1 Å². The van der Waals surface area contributed by atoms with Crippen LogP contribution in [0.4, 0.5) is 15.8 Å². The molecule has 0 amide bonds. The van der Waals surface area contributed by atoms with Crippen molar-refractivity contribution in [2.75, 3.05) is 11.1 Å².